The molecule has 0 aromatic rings. The molecule has 1 heterocycles. The van der Waals surface area contributed by atoms with Crippen molar-refractivity contribution in [2.45, 2.75) is 39.7 Å². The Bertz CT molecular complexity index is 355. The van der Waals surface area contributed by atoms with E-state index in [0.717, 1.165) is 6.42 Å². The van der Waals surface area contributed by atoms with Gasteiger partial charge in [-0.15, -0.1) is 0 Å². The van der Waals surface area contributed by atoms with Crippen LogP contribution in [-0.4, -0.2) is 59.9 Å². The van der Waals surface area contributed by atoms with Crippen LogP contribution >= 0.6 is 0 Å². The predicted molar refractivity (Wildman–Crippen MR) is 69.3 cm³/mol. The largest absolute Gasteiger partial charge is 0.465 e. The van der Waals surface area contributed by atoms with Gasteiger partial charge in [-0.05, 0) is 27.2 Å². The van der Waals surface area contributed by atoms with Gasteiger partial charge in [0.2, 0.25) is 11.8 Å². The Morgan fingerprint density at radius 3 is 2.58 bits per heavy atom. The maximum atomic E-state index is 12.2. The van der Waals surface area contributed by atoms with Crippen molar-refractivity contribution in [2.75, 3.05) is 26.2 Å². The number of likely N-dealkylation sites (tertiary alicyclic amines) is 1. The molecule has 0 N–H and O–H groups in total. The van der Waals surface area contributed by atoms with Crippen LogP contribution < -0.4 is 0 Å². The average Bonchev–Trinajstić information content (AvgIpc) is 2.72. The van der Waals surface area contributed by atoms with Crippen molar-refractivity contribution >= 4 is 17.8 Å². The second-order valence-corrected chi connectivity index (χ2v) is 4.84. The second-order valence-electron chi connectivity index (χ2n) is 4.84. The van der Waals surface area contributed by atoms with Crippen molar-refractivity contribution < 1.29 is 19.1 Å². The van der Waals surface area contributed by atoms with Crippen LogP contribution in [0.3, 0.4) is 0 Å². The lowest BCUT2D eigenvalue weighted by Gasteiger charge is -2.27. The van der Waals surface area contributed by atoms with Gasteiger partial charge in [-0.3, -0.25) is 14.4 Å². The van der Waals surface area contributed by atoms with Gasteiger partial charge in [0.25, 0.3) is 0 Å². The highest BCUT2D eigenvalue weighted by Gasteiger charge is 2.27. The third-order valence-electron chi connectivity index (χ3n) is 3.05. The molecule has 1 aliphatic heterocycles. The lowest BCUT2D eigenvalue weighted by Crippen LogP contribution is -2.46. The first-order valence-electron chi connectivity index (χ1n) is 6.68. The van der Waals surface area contributed by atoms with Crippen LogP contribution in [0.4, 0.5) is 0 Å². The molecule has 0 bridgehead atoms. The Kier molecular flexibility index (Phi) is 5.79. The number of ether oxygens (including phenoxy) is 1. The molecule has 0 aromatic carbocycles. The minimum atomic E-state index is -0.419. The van der Waals surface area contributed by atoms with E-state index in [-0.39, 0.29) is 30.9 Å². The zero-order chi connectivity index (χ0) is 14.4. The number of amides is 2. The number of carbonyl (C=O) groups excluding carboxylic acids is 3. The van der Waals surface area contributed by atoms with Gasteiger partial charge in [0.05, 0.1) is 13.2 Å². The summed E-state index contributed by atoms with van der Waals surface area (Å²) in [6.45, 7) is 6.30. The van der Waals surface area contributed by atoms with Gasteiger partial charge in [-0.25, -0.2) is 0 Å². The second kappa shape index (κ2) is 7.11. The number of nitrogens with zero attached hydrogens (tertiary/aromatic N) is 2. The van der Waals surface area contributed by atoms with Crippen molar-refractivity contribution in [2.24, 2.45) is 0 Å². The van der Waals surface area contributed by atoms with Crippen molar-refractivity contribution in [3.63, 3.8) is 0 Å². The fourth-order valence-corrected chi connectivity index (χ4v) is 2.03. The van der Waals surface area contributed by atoms with Crippen molar-refractivity contribution in [1.29, 1.82) is 0 Å². The van der Waals surface area contributed by atoms with E-state index in [1.54, 1.807) is 11.8 Å². The fourth-order valence-electron chi connectivity index (χ4n) is 2.03. The highest BCUT2D eigenvalue weighted by Crippen LogP contribution is 2.10. The molecule has 6 heteroatoms. The molecule has 6 nitrogen and oxygen atoms in total. The lowest BCUT2D eigenvalue weighted by atomic mass is 10.3. The van der Waals surface area contributed by atoms with E-state index in [1.165, 1.54) is 4.90 Å². The number of carbonyl (C=O) groups is 3. The van der Waals surface area contributed by atoms with Crippen LogP contribution in [0.15, 0.2) is 0 Å². The topological polar surface area (TPSA) is 66.9 Å². The van der Waals surface area contributed by atoms with Crippen LogP contribution in [-0.2, 0) is 19.1 Å². The Hall–Kier alpha value is -1.59. The summed E-state index contributed by atoms with van der Waals surface area (Å²) in [7, 11) is 0. The van der Waals surface area contributed by atoms with E-state index >= 15 is 0 Å². The first kappa shape index (κ1) is 15.5. The molecule has 108 valence electrons. The Morgan fingerprint density at radius 2 is 2.11 bits per heavy atom. The van der Waals surface area contributed by atoms with Crippen LogP contribution in [0.2, 0.25) is 0 Å². The highest BCUT2D eigenvalue weighted by atomic mass is 16.5. The van der Waals surface area contributed by atoms with Crippen molar-refractivity contribution in [3.05, 3.63) is 0 Å². The van der Waals surface area contributed by atoms with Gasteiger partial charge in [-0.2, -0.15) is 0 Å². The van der Waals surface area contributed by atoms with Gasteiger partial charge in [0.1, 0.15) is 6.54 Å². The number of esters is 1. The summed E-state index contributed by atoms with van der Waals surface area (Å²) in [5, 5.41) is 0. The molecule has 1 fully saturated rings. The van der Waals surface area contributed by atoms with Gasteiger partial charge >= 0.3 is 5.97 Å². The molecule has 1 aliphatic rings. The molecule has 0 saturated carbocycles. The van der Waals surface area contributed by atoms with E-state index in [4.69, 9.17) is 4.74 Å². The maximum Gasteiger partial charge on any atom is 0.325 e. The molecule has 0 atom stereocenters. The van der Waals surface area contributed by atoms with Gasteiger partial charge < -0.3 is 14.5 Å². The summed E-state index contributed by atoms with van der Waals surface area (Å²) in [6, 6.07) is -0.102. The minimum Gasteiger partial charge on any atom is -0.465 e. The third-order valence-corrected chi connectivity index (χ3v) is 3.05. The SMILES string of the molecule is CCOC(=O)CN(C(=O)CN1CCCC1=O)C(C)C. The Morgan fingerprint density at radius 1 is 1.42 bits per heavy atom. The lowest BCUT2D eigenvalue weighted by molar-refractivity contribution is -0.151. The predicted octanol–water partition coefficient (Wildman–Crippen LogP) is 0.409. The molecule has 1 saturated heterocycles. The molecule has 0 aliphatic carbocycles. The van der Waals surface area contributed by atoms with E-state index in [0.29, 0.717) is 19.6 Å². The van der Waals surface area contributed by atoms with Crippen molar-refractivity contribution in [1.82, 2.24) is 9.80 Å². The summed E-state index contributed by atoms with van der Waals surface area (Å²) >= 11 is 0. The van der Waals surface area contributed by atoms with Crippen LogP contribution in [0, 0.1) is 0 Å². The van der Waals surface area contributed by atoms with E-state index < -0.39 is 5.97 Å². The van der Waals surface area contributed by atoms with E-state index in [2.05, 4.69) is 0 Å². The standard InChI is InChI=1S/C13H22N2O4/c1-4-19-13(18)9-15(10(2)3)12(17)8-14-7-5-6-11(14)16/h10H,4-9H2,1-3H3. The normalized spacial score (nSPS) is 14.9. The summed E-state index contributed by atoms with van der Waals surface area (Å²) in [5.41, 5.74) is 0. The summed E-state index contributed by atoms with van der Waals surface area (Å²) in [6.07, 6.45) is 1.30. The number of hydrogen-bond donors (Lipinski definition) is 0. The molecule has 0 radical (unpaired) electrons. The Balaban J connectivity index is 2.57. The molecule has 0 unspecified atom stereocenters. The molecule has 0 aromatic heterocycles. The zero-order valence-electron chi connectivity index (χ0n) is 11.8. The Labute approximate surface area is 113 Å². The fraction of sp³-hybridized carbons (Fsp3) is 0.769. The smallest absolute Gasteiger partial charge is 0.325 e. The first-order valence-corrected chi connectivity index (χ1v) is 6.68. The van der Waals surface area contributed by atoms with Crippen molar-refractivity contribution in [3.8, 4) is 0 Å². The average molecular weight is 270 g/mol. The summed E-state index contributed by atoms with van der Waals surface area (Å²) in [5.74, 6) is -0.621. The summed E-state index contributed by atoms with van der Waals surface area (Å²) in [4.78, 5) is 38.1. The molecule has 0 spiro atoms. The third kappa shape index (κ3) is 4.54. The zero-order valence-corrected chi connectivity index (χ0v) is 11.8. The monoisotopic (exact) mass is 270 g/mol. The number of hydrogen-bond acceptors (Lipinski definition) is 4. The van der Waals surface area contributed by atoms with E-state index in [1.807, 2.05) is 13.8 Å². The molecule has 19 heavy (non-hydrogen) atoms. The molecule has 1 rings (SSSR count). The van der Waals surface area contributed by atoms with Gasteiger partial charge in [0, 0.05) is 19.0 Å². The molecular formula is C13H22N2O4. The van der Waals surface area contributed by atoms with Gasteiger partial charge in [-0.1, -0.05) is 0 Å². The quantitative estimate of drug-likeness (QED) is 0.656. The van der Waals surface area contributed by atoms with Crippen LogP contribution in [0.1, 0.15) is 33.6 Å². The molecular weight excluding hydrogens is 248 g/mol. The summed E-state index contributed by atoms with van der Waals surface area (Å²) < 4.78 is 4.85. The van der Waals surface area contributed by atoms with Crippen LogP contribution in [0.5, 0.6) is 0 Å². The molecule has 2 amide bonds. The van der Waals surface area contributed by atoms with Gasteiger partial charge in [0.15, 0.2) is 0 Å². The highest BCUT2D eigenvalue weighted by molar-refractivity contribution is 5.88. The maximum absolute atomic E-state index is 12.2. The minimum absolute atomic E-state index is 0.00758. The number of rotatable bonds is 6. The first-order chi connectivity index (χ1) is 8.95. The van der Waals surface area contributed by atoms with E-state index in [9.17, 15) is 14.4 Å². The van der Waals surface area contributed by atoms with Crippen LogP contribution in [0.25, 0.3) is 0 Å².